The van der Waals surface area contributed by atoms with Crippen LogP contribution in [0.4, 0.5) is 0 Å². The number of aromatic nitrogens is 2. The van der Waals surface area contributed by atoms with Crippen LogP contribution in [0.1, 0.15) is 25.7 Å². The van der Waals surface area contributed by atoms with E-state index >= 15 is 0 Å². The van der Waals surface area contributed by atoms with E-state index in [0.717, 1.165) is 13.6 Å². The molecule has 1 aromatic heterocycles. The van der Waals surface area contributed by atoms with Crippen molar-refractivity contribution in [3.63, 3.8) is 0 Å². The third kappa shape index (κ3) is 2.92. The first-order chi connectivity index (χ1) is 8.49. The fourth-order valence-electron chi connectivity index (χ4n) is 1.44. The highest BCUT2D eigenvalue weighted by molar-refractivity contribution is 14.1. The van der Waals surface area contributed by atoms with Crippen molar-refractivity contribution in [3.8, 4) is 11.5 Å². The molecule has 96 valence electrons. The molecule has 2 N–H and O–H groups in total. The van der Waals surface area contributed by atoms with Crippen molar-refractivity contribution in [1.82, 2.24) is 10.1 Å². The van der Waals surface area contributed by atoms with Crippen LogP contribution in [0.2, 0.25) is 0 Å². The van der Waals surface area contributed by atoms with E-state index in [-0.39, 0.29) is 12.0 Å². The molecule has 2 aromatic rings. The number of nitrogens with zero attached hydrogens (tertiary/aromatic N) is 2. The Kier molecular flexibility index (Phi) is 4.39. The Bertz CT molecular complexity index is 556. The second kappa shape index (κ2) is 5.66. The summed E-state index contributed by atoms with van der Waals surface area (Å²) in [6, 6.07) is 5.72. The Morgan fingerprint density at radius 3 is 2.78 bits per heavy atom. The minimum absolute atomic E-state index is 0.202. The second-order valence-electron chi connectivity index (χ2n) is 4.35. The van der Waals surface area contributed by atoms with Gasteiger partial charge >= 0.3 is 0 Å². The minimum Gasteiger partial charge on any atom is -0.334 e. The third-order valence-electron chi connectivity index (χ3n) is 2.62. The van der Waals surface area contributed by atoms with Gasteiger partial charge in [0.2, 0.25) is 0 Å². The monoisotopic (exact) mass is 421 g/mol. The van der Waals surface area contributed by atoms with Gasteiger partial charge in [0.05, 0.1) is 11.6 Å². The Morgan fingerprint density at radius 2 is 2.11 bits per heavy atom. The summed E-state index contributed by atoms with van der Waals surface area (Å²) in [5.74, 6) is 1.33. The van der Waals surface area contributed by atoms with E-state index in [9.17, 15) is 0 Å². The van der Waals surface area contributed by atoms with Crippen molar-refractivity contribution in [3.05, 3.63) is 32.1 Å². The fourth-order valence-corrected chi connectivity index (χ4v) is 2.37. The van der Waals surface area contributed by atoms with Gasteiger partial charge in [-0.1, -0.05) is 34.9 Å². The van der Waals surface area contributed by atoms with E-state index in [1.165, 1.54) is 0 Å². The average molecular weight is 422 g/mol. The standard InChI is InChI=1S/C12H13BrIN3O/c1-6(2)10(15)11-16-12(18-17-11)8-5-7(13)3-4-9(8)14/h3-6,10H,15H2,1-2H3. The van der Waals surface area contributed by atoms with Crippen molar-refractivity contribution in [2.45, 2.75) is 19.9 Å². The van der Waals surface area contributed by atoms with Gasteiger partial charge in [0.15, 0.2) is 5.82 Å². The number of hydrogen-bond donors (Lipinski definition) is 1. The van der Waals surface area contributed by atoms with Crippen molar-refractivity contribution in [1.29, 1.82) is 0 Å². The largest absolute Gasteiger partial charge is 0.334 e. The molecule has 1 atom stereocenters. The van der Waals surface area contributed by atoms with Gasteiger partial charge in [0, 0.05) is 8.04 Å². The second-order valence-corrected chi connectivity index (χ2v) is 6.43. The van der Waals surface area contributed by atoms with Crippen molar-refractivity contribution in [2.24, 2.45) is 11.7 Å². The maximum atomic E-state index is 6.00. The van der Waals surface area contributed by atoms with Gasteiger partial charge in [-0.05, 0) is 46.7 Å². The van der Waals surface area contributed by atoms with Gasteiger partial charge in [0.1, 0.15) is 0 Å². The van der Waals surface area contributed by atoms with Gasteiger partial charge in [-0.2, -0.15) is 4.98 Å². The lowest BCUT2D eigenvalue weighted by Crippen LogP contribution is -2.18. The summed E-state index contributed by atoms with van der Waals surface area (Å²) in [5, 5.41) is 3.95. The zero-order valence-electron chi connectivity index (χ0n) is 10.0. The van der Waals surface area contributed by atoms with E-state index in [1.54, 1.807) is 0 Å². The molecule has 1 heterocycles. The molecule has 18 heavy (non-hydrogen) atoms. The first-order valence-electron chi connectivity index (χ1n) is 5.53. The summed E-state index contributed by atoms with van der Waals surface area (Å²) in [6.45, 7) is 4.06. The SMILES string of the molecule is CC(C)C(N)c1noc(-c2cc(Br)ccc2I)n1. The van der Waals surface area contributed by atoms with Crippen LogP contribution in [0, 0.1) is 9.49 Å². The van der Waals surface area contributed by atoms with Crippen LogP contribution in [-0.4, -0.2) is 10.1 Å². The Hall–Kier alpha value is -0.470. The van der Waals surface area contributed by atoms with Crippen molar-refractivity contribution < 1.29 is 4.52 Å². The summed E-state index contributed by atoms with van der Waals surface area (Å²) < 4.78 is 7.33. The van der Waals surface area contributed by atoms with Gasteiger partial charge in [0.25, 0.3) is 5.89 Å². The lowest BCUT2D eigenvalue weighted by Gasteiger charge is -2.09. The molecule has 0 spiro atoms. The fraction of sp³-hybridized carbons (Fsp3) is 0.333. The quantitative estimate of drug-likeness (QED) is 0.766. The molecule has 0 bridgehead atoms. The van der Waals surface area contributed by atoms with E-state index < -0.39 is 0 Å². The van der Waals surface area contributed by atoms with Gasteiger partial charge in [-0.25, -0.2) is 0 Å². The van der Waals surface area contributed by atoms with Crippen molar-refractivity contribution >= 4 is 38.5 Å². The summed E-state index contributed by atoms with van der Waals surface area (Å²) in [7, 11) is 0. The lowest BCUT2D eigenvalue weighted by molar-refractivity contribution is 0.400. The van der Waals surface area contributed by atoms with Crippen LogP contribution in [0.15, 0.2) is 27.2 Å². The molecule has 1 aromatic carbocycles. The molecular weight excluding hydrogens is 409 g/mol. The molecule has 0 saturated heterocycles. The molecule has 6 heteroatoms. The van der Waals surface area contributed by atoms with Gasteiger partial charge in [-0.15, -0.1) is 0 Å². The van der Waals surface area contributed by atoms with E-state index in [1.807, 2.05) is 32.0 Å². The summed E-state index contributed by atoms with van der Waals surface area (Å²) >= 11 is 5.68. The van der Waals surface area contributed by atoms with Crippen LogP contribution in [0.5, 0.6) is 0 Å². The predicted octanol–water partition coefficient (Wildman–Crippen LogP) is 3.76. The molecule has 2 rings (SSSR count). The van der Waals surface area contributed by atoms with Crippen molar-refractivity contribution in [2.75, 3.05) is 0 Å². The van der Waals surface area contributed by atoms with E-state index in [0.29, 0.717) is 11.7 Å². The minimum atomic E-state index is -0.202. The molecule has 0 fully saturated rings. The average Bonchev–Trinajstić information content (AvgIpc) is 2.80. The molecule has 0 saturated carbocycles. The predicted molar refractivity (Wildman–Crippen MR) is 81.9 cm³/mol. The summed E-state index contributed by atoms with van der Waals surface area (Å²) in [6.07, 6.45) is 0. The smallest absolute Gasteiger partial charge is 0.259 e. The highest BCUT2D eigenvalue weighted by Crippen LogP contribution is 2.28. The lowest BCUT2D eigenvalue weighted by atomic mass is 10.1. The molecule has 0 aliphatic heterocycles. The molecule has 0 radical (unpaired) electrons. The number of rotatable bonds is 3. The maximum absolute atomic E-state index is 6.00. The zero-order valence-corrected chi connectivity index (χ0v) is 13.8. The number of hydrogen-bond acceptors (Lipinski definition) is 4. The molecule has 4 nitrogen and oxygen atoms in total. The Balaban J connectivity index is 2.38. The number of nitrogens with two attached hydrogens (primary N) is 1. The maximum Gasteiger partial charge on any atom is 0.259 e. The molecular formula is C12H13BrIN3O. The van der Waals surface area contributed by atoms with Crippen LogP contribution >= 0.6 is 38.5 Å². The Labute approximate surface area is 128 Å². The third-order valence-corrected chi connectivity index (χ3v) is 4.05. The molecule has 1 unspecified atom stereocenters. The zero-order chi connectivity index (χ0) is 13.3. The first kappa shape index (κ1) is 14.0. The van der Waals surface area contributed by atoms with Gasteiger partial charge in [-0.3, -0.25) is 0 Å². The molecule has 0 amide bonds. The van der Waals surface area contributed by atoms with E-state index in [4.69, 9.17) is 10.3 Å². The summed E-state index contributed by atoms with van der Waals surface area (Å²) in [4.78, 5) is 4.38. The normalized spacial score (nSPS) is 13.0. The van der Waals surface area contributed by atoms with Crippen LogP contribution in [0.3, 0.4) is 0 Å². The highest BCUT2D eigenvalue weighted by Gasteiger charge is 2.19. The van der Waals surface area contributed by atoms with Gasteiger partial charge < -0.3 is 10.3 Å². The van der Waals surface area contributed by atoms with Crippen LogP contribution < -0.4 is 5.73 Å². The molecule has 0 aliphatic carbocycles. The van der Waals surface area contributed by atoms with E-state index in [2.05, 4.69) is 48.7 Å². The summed E-state index contributed by atoms with van der Waals surface area (Å²) in [5.41, 5.74) is 6.92. The number of benzene rings is 1. The Morgan fingerprint density at radius 1 is 1.39 bits per heavy atom. The highest BCUT2D eigenvalue weighted by atomic mass is 127. The van der Waals surface area contributed by atoms with Crippen LogP contribution in [0.25, 0.3) is 11.5 Å². The van der Waals surface area contributed by atoms with Crippen LogP contribution in [-0.2, 0) is 0 Å². The first-order valence-corrected chi connectivity index (χ1v) is 7.41. The molecule has 0 aliphatic rings. The topological polar surface area (TPSA) is 64.9 Å². The number of halogens is 2.